The fraction of sp³-hybridized carbons (Fsp3) is 0.308. The monoisotopic (exact) mass is 304 g/mol. The number of alkyl halides is 3. The Hall–Kier alpha value is -1.47. The van der Waals surface area contributed by atoms with Crippen LogP contribution in [0.25, 0.3) is 0 Å². The Morgan fingerprint density at radius 3 is 2.65 bits per heavy atom. The van der Waals surface area contributed by atoms with Crippen LogP contribution in [-0.4, -0.2) is 12.0 Å². The van der Waals surface area contributed by atoms with Gasteiger partial charge in [-0.25, -0.2) is 9.37 Å². The van der Waals surface area contributed by atoms with Gasteiger partial charge in [0.2, 0.25) is 0 Å². The topological polar surface area (TPSA) is 24.9 Å². The summed E-state index contributed by atoms with van der Waals surface area (Å²) >= 11 is 1.38. The van der Waals surface area contributed by atoms with Crippen LogP contribution in [0.15, 0.2) is 29.8 Å². The summed E-state index contributed by atoms with van der Waals surface area (Å²) in [4.78, 5) is 4.06. The van der Waals surface area contributed by atoms with Crippen molar-refractivity contribution in [2.24, 2.45) is 0 Å². The summed E-state index contributed by atoms with van der Waals surface area (Å²) in [5.74, 6) is -0.658. The van der Waals surface area contributed by atoms with Gasteiger partial charge in [0.15, 0.2) is 0 Å². The molecule has 0 amide bonds. The third-order valence-corrected chi connectivity index (χ3v) is 3.71. The van der Waals surface area contributed by atoms with Crippen molar-refractivity contribution in [3.8, 4) is 0 Å². The van der Waals surface area contributed by atoms with Crippen LogP contribution < -0.4 is 5.32 Å². The van der Waals surface area contributed by atoms with Gasteiger partial charge in [-0.15, -0.1) is 11.3 Å². The number of nitrogens with zero attached hydrogens (tertiary/aromatic N) is 1. The molecule has 1 heterocycles. The first-order valence-electron chi connectivity index (χ1n) is 5.84. The molecule has 7 heteroatoms. The summed E-state index contributed by atoms with van der Waals surface area (Å²) < 4.78 is 51.9. The standard InChI is InChI=1S/C13H12F4N2S/c1-18-11(7-12-19-4-5-20-12)9-6-8(13(15,16)17)2-3-10(9)14/h2-6,11,18H,7H2,1H3. The minimum absolute atomic E-state index is 0.00229. The summed E-state index contributed by atoms with van der Waals surface area (Å²) in [6, 6.07) is 1.90. The molecule has 20 heavy (non-hydrogen) atoms. The van der Waals surface area contributed by atoms with Crippen molar-refractivity contribution in [3.63, 3.8) is 0 Å². The van der Waals surface area contributed by atoms with E-state index in [1.54, 1.807) is 18.6 Å². The average molecular weight is 304 g/mol. The number of rotatable bonds is 4. The second-order valence-electron chi connectivity index (χ2n) is 4.21. The van der Waals surface area contributed by atoms with E-state index in [9.17, 15) is 17.6 Å². The second kappa shape index (κ2) is 5.88. The first-order valence-corrected chi connectivity index (χ1v) is 6.72. The van der Waals surface area contributed by atoms with E-state index < -0.39 is 23.6 Å². The average Bonchev–Trinajstić information content (AvgIpc) is 2.88. The predicted octanol–water partition coefficient (Wildman–Crippen LogP) is 3.80. The van der Waals surface area contributed by atoms with Gasteiger partial charge in [0.25, 0.3) is 0 Å². The Kier molecular flexibility index (Phi) is 4.39. The van der Waals surface area contributed by atoms with Crippen LogP contribution in [0.3, 0.4) is 0 Å². The highest BCUT2D eigenvalue weighted by atomic mass is 32.1. The highest BCUT2D eigenvalue weighted by Crippen LogP contribution is 2.32. The number of hydrogen-bond acceptors (Lipinski definition) is 3. The van der Waals surface area contributed by atoms with E-state index in [0.717, 1.165) is 23.2 Å². The molecule has 2 aromatic rings. The summed E-state index contributed by atoms with van der Waals surface area (Å²) in [5.41, 5.74) is -0.856. The van der Waals surface area contributed by atoms with Gasteiger partial charge in [0, 0.05) is 29.6 Å². The fourth-order valence-electron chi connectivity index (χ4n) is 1.88. The Balaban J connectivity index is 2.33. The number of likely N-dealkylation sites (N-methyl/N-ethyl adjacent to an activating group) is 1. The lowest BCUT2D eigenvalue weighted by atomic mass is 10.0. The summed E-state index contributed by atoms with van der Waals surface area (Å²) in [6.45, 7) is 0. The van der Waals surface area contributed by atoms with E-state index in [0.29, 0.717) is 6.42 Å². The molecule has 1 aromatic heterocycles. The van der Waals surface area contributed by atoms with Gasteiger partial charge in [0.1, 0.15) is 5.82 Å². The number of nitrogens with one attached hydrogen (secondary N) is 1. The molecule has 108 valence electrons. The van der Waals surface area contributed by atoms with Gasteiger partial charge in [-0.1, -0.05) is 0 Å². The van der Waals surface area contributed by atoms with E-state index in [4.69, 9.17) is 0 Å². The number of benzene rings is 1. The first kappa shape index (κ1) is 14.9. The molecule has 0 spiro atoms. The van der Waals surface area contributed by atoms with Crippen molar-refractivity contribution < 1.29 is 17.6 Å². The summed E-state index contributed by atoms with van der Waals surface area (Å²) in [6.07, 6.45) is -2.54. The van der Waals surface area contributed by atoms with Crippen molar-refractivity contribution in [1.82, 2.24) is 10.3 Å². The molecular weight excluding hydrogens is 292 g/mol. The molecule has 0 fully saturated rings. The third kappa shape index (κ3) is 3.34. The van der Waals surface area contributed by atoms with Crippen molar-refractivity contribution >= 4 is 11.3 Å². The number of hydrogen-bond donors (Lipinski definition) is 1. The highest BCUT2D eigenvalue weighted by molar-refractivity contribution is 7.09. The van der Waals surface area contributed by atoms with Crippen LogP contribution >= 0.6 is 11.3 Å². The van der Waals surface area contributed by atoms with E-state index >= 15 is 0 Å². The van der Waals surface area contributed by atoms with Crippen LogP contribution in [0.2, 0.25) is 0 Å². The molecule has 0 radical (unpaired) electrons. The lowest BCUT2D eigenvalue weighted by Gasteiger charge is -2.18. The molecular formula is C13H12F4N2S. The predicted molar refractivity (Wildman–Crippen MR) is 69.0 cm³/mol. The Morgan fingerprint density at radius 2 is 2.10 bits per heavy atom. The summed E-state index contributed by atoms with van der Waals surface area (Å²) in [7, 11) is 1.58. The molecule has 1 atom stereocenters. The van der Waals surface area contributed by atoms with Gasteiger partial charge in [-0.2, -0.15) is 13.2 Å². The maximum atomic E-state index is 13.8. The molecule has 0 aliphatic heterocycles. The highest BCUT2D eigenvalue weighted by Gasteiger charge is 2.32. The molecule has 0 aliphatic carbocycles. The lowest BCUT2D eigenvalue weighted by molar-refractivity contribution is -0.137. The van der Waals surface area contributed by atoms with Gasteiger partial charge < -0.3 is 5.32 Å². The van der Waals surface area contributed by atoms with E-state index in [2.05, 4.69) is 10.3 Å². The second-order valence-corrected chi connectivity index (χ2v) is 5.18. The van der Waals surface area contributed by atoms with Crippen LogP contribution in [-0.2, 0) is 12.6 Å². The molecule has 1 unspecified atom stereocenters. The minimum Gasteiger partial charge on any atom is -0.313 e. The van der Waals surface area contributed by atoms with Gasteiger partial charge >= 0.3 is 6.18 Å². The fourth-order valence-corrected chi connectivity index (χ4v) is 2.55. The SMILES string of the molecule is CNC(Cc1nccs1)c1cc(C(F)(F)F)ccc1F. The quantitative estimate of drug-likeness (QED) is 0.869. The van der Waals surface area contributed by atoms with Crippen LogP contribution in [0, 0.1) is 5.82 Å². The Morgan fingerprint density at radius 1 is 1.35 bits per heavy atom. The van der Waals surface area contributed by atoms with E-state index in [1.165, 1.54) is 11.3 Å². The van der Waals surface area contributed by atoms with Crippen molar-refractivity contribution in [1.29, 1.82) is 0 Å². The third-order valence-electron chi connectivity index (χ3n) is 2.91. The zero-order valence-electron chi connectivity index (χ0n) is 10.5. The lowest BCUT2D eigenvalue weighted by Crippen LogP contribution is -2.21. The molecule has 0 bridgehead atoms. The maximum Gasteiger partial charge on any atom is 0.416 e. The van der Waals surface area contributed by atoms with E-state index in [1.807, 2.05) is 0 Å². The largest absolute Gasteiger partial charge is 0.416 e. The van der Waals surface area contributed by atoms with Crippen molar-refractivity contribution in [2.45, 2.75) is 18.6 Å². The maximum absolute atomic E-state index is 13.8. The Labute approximate surface area is 117 Å². The van der Waals surface area contributed by atoms with Crippen molar-refractivity contribution in [2.75, 3.05) is 7.05 Å². The van der Waals surface area contributed by atoms with Crippen LogP contribution in [0.1, 0.15) is 22.2 Å². The number of thiazole rings is 1. The summed E-state index contributed by atoms with van der Waals surface area (Å²) in [5, 5.41) is 5.34. The zero-order valence-corrected chi connectivity index (χ0v) is 11.4. The van der Waals surface area contributed by atoms with Crippen LogP contribution in [0.5, 0.6) is 0 Å². The number of aromatic nitrogens is 1. The first-order chi connectivity index (χ1) is 9.41. The normalized spacial score (nSPS) is 13.4. The molecule has 0 saturated carbocycles. The van der Waals surface area contributed by atoms with Crippen LogP contribution in [0.4, 0.5) is 17.6 Å². The smallest absolute Gasteiger partial charge is 0.313 e. The van der Waals surface area contributed by atoms with Crippen molar-refractivity contribution in [3.05, 3.63) is 51.7 Å². The van der Waals surface area contributed by atoms with Gasteiger partial charge in [-0.3, -0.25) is 0 Å². The minimum atomic E-state index is -4.48. The van der Waals surface area contributed by atoms with Gasteiger partial charge in [0.05, 0.1) is 10.6 Å². The molecule has 1 N–H and O–H groups in total. The zero-order chi connectivity index (χ0) is 14.8. The molecule has 1 aromatic carbocycles. The Bertz CT molecular complexity index is 566. The number of halogens is 4. The molecule has 2 rings (SSSR count). The molecule has 0 aliphatic rings. The molecule has 2 nitrogen and oxygen atoms in total. The molecule has 0 saturated heterocycles. The van der Waals surface area contributed by atoms with Gasteiger partial charge in [-0.05, 0) is 25.2 Å². The van der Waals surface area contributed by atoms with E-state index in [-0.39, 0.29) is 5.56 Å².